The highest BCUT2D eigenvalue weighted by Gasteiger charge is 2.11. The van der Waals surface area contributed by atoms with Crippen LogP contribution < -0.4 is 15.6 Å². The molecular formula is C24H20N2O3S. The third kappa shape index (κ3) is 4.85. The maximum Gasteiger partial charge on any atom is 0.259 e. The van der Waals surface area contributed by atoms with E-state index in [1.165, 1.54) is 22.0 Å². The van der Waals surface area contributed by atoms with Gasteiger partial charge < -0.3 is 10.1 Å². The Morgan fingerprint density at radius 1 is 0.933 bits per heavy atom. The molecule has 4 rings (SSSR count). The van der Waals surface area contributed by atoms with Crippen LogP contribution in [0.1, 0.15) is 21.5 Å². The monoisotopic (exact) mass is 416 g/mol. The number of carbonyl (C=O) groups is 1. The maximum atomic E-state index is 12.5. The van der Waals surface area contributed by atoms with Crippen molar-refractivity contribution >= 4 is 17.2 Å². The lowest BCUT2D eigenvalue weighted by Gasteiger charge is -2.08. The number of amides is 1. The number of hydrogen-bond donors (Lipinski definition) is 1. The SMILES string of the molecule is O=C(NCc1ccccc1)c1csc(-n2ccc(OCc3ccccc3)cc2=O)c1. The van der Waals surface area contributed by atoms with Crippen LogP contribution >= 0.6 is 11.3 Å². The van der Waals surface area contributed by atoms with Crippen LogP contribution in [-0.2, 0) is 13.2 Å². The molecule has 2 heterocycles. The maximum absolute atomic E-state index is 12.5. The predicted molar refractivity (Wildman–Crippen MR) is 118 cm³/mol. The second-order valence-corrected chi connectivity index (χ2v) is 7.58. The number of pyridine rings is 1. The van der Waals surface area contributed by atoms with Gasteiger partial charge >= 0.3 is 0 Å². The number of ether oxygens (including phenoxy) is 1. The van der Waals surface area contributed by atoms with Crippen LogP contribution in [0.5, 0.6) is 5.75 Å². The van der Waals surface area contributed by atoms with Gasteiger partial charge in [-0.25, -0.2) is 0 Å². The topological polar surface area (TPSA) is 60.3 Å². The molecule has 0 radical (unpaired) electrons. The lowest BCUT2D eigenvalue weighted by molar-refractivity contribution is 0.0951. The van der Waals surface area contributed by atoms with Crippen LogP contribution in [0.2, 0.25) is 0 Å². The van der Waals surface area contributed by atoms with E-state index in [-0.39, 0.29) is 11.5 Å². The van der Waals surface area contributed by atoms with Gasteiger partial charge in [0.1, 0.15) is 17.4 Å². The minimum absolute atomic E-state index is 0.169. The Hall–Kier alpha value is -3.64. The standard InChI is InChI=1S/C24H20N2O3S/c27-22-14-21(29-16-19-9-5-2-6-10-19)11-12-26(22)23-13-20(17-30-23)24(28)25-15-18-7-3-1-4-8-18/h1-14,17H,15-16H2,(H,25,28). The number of benzene rings is 2. The van der Waals surface area contributed by atoms with Gasteiger partial charge in [0.05, 0.1) is 5.56 Å². The molecule has 6 heteroatoms. The van der Waals surface area contributed by atoms with Crippen molar-refractivity contribution in [3.63, 3.8) is 0 Å². The van der Waals surface area contributed by atoms with Gasteiger partial charge in [0.2, 0.25) is 0 Å². The van der Waals surface area contributed by atoms with E-state index in [0.29, 0.717) is 29.5 Å². The molecule has 0 unspecified atom stereocenters. The Morgan fingerprint density at radius 3 is 2.33 bits per heavy atom. The zero-order valence-electron chi connectivity index (χ0n) is 16.2. The molecule has 150 valence electrons. The molecule has 5 nitrogen and oxygen atoms in total. The molecule has 2 aromatic carbocycles. The van der Waals surface area contributed by atoms with Gasteiger partial charge in [-0.1, -0.05) is 60.7 Å². The van der Waals surface area contributed by atoms with E-state index in [4.69, 9.17) is 4.74 Å². The molecule has 0 aliphatic carbocycles. The minimum atomic E-state index is -0.210. The second kappa shape index (κ2) is 9.24. The van der Waals surface area contributed by atoms with E-state index in [1.807, 2.05) is 60.7 Å². The Kier molecular flexibility index (Phi) is 6.06. The number of carbonyl (C=O) groups excluding carboxylic acids is 1. The van der Waals surface area contributed by atoms with Gasteiger partial charge in [-0.05, 0) is 23.3 Å². The van der Waals surface area contributed by atoms with Crippen molar-refractivity contribution in [1.29, 1.82) is 0 Å². The number of nitrogens with one attached hydrogen (secondary N) is 1. The van der Waals surface area contributed by atoms with Gasteiger partial charge in [-0.2, -0.15) is 0 Å². The molecular weight excluding hydrogens is 396 g/mol. The van der Waals surface area contributed by atoms with Crippen molar-refractivity contribution in [2.24, 2.45) is 0 Å². The highest BCUT2D eigenvalue weighted by atomic mass is 32.1. The second-order valence-electron chi connectivity index (χ2n) is 6.69. The summed E-state index contributed by atoms with van der Waals surface area (Å²) >= 11 is 1.34. The molecule has 0 saturated carbocycles. The number of nitrogens with zero attached hydrogens (tertiary/aromatic N) is 1. The highest BCUT2D eigenvalue weighted by molar-refractivity contribution is 7.12. The average molecular weight is 417 g/mol. The third-order valence-corrected chi connectivity index (χ3v) is 5.45. The van der Waals surface area contributed by atoms with Gasteiger partial charge in [0.25, 0.3) is 11.5 Å². The fourth-order valence-electron chi connectivity index (χ4n) is 2.92. The Labute approximate surface area is 178 Å². The first-order valence-electron chi connectivity index (χ1n) is 9.49. The first-order chi connectivity index (χ1) is 14.7. The van der Waals surface area contributed by atoms with Crippen molar-refractivity contribution in [1.82, 2.24) is 9.88 Å². The van der Waals surface area contributed by atoms with Crippen LogP contribution in [0.15, 0.2) is 95.2 Å². The molecule has 0 spiro atoms. The average Bonchev–Trinajstić information content (AvgIpc) is 3.27. The molecule has 0 fully saturated rings. The molecule has 0 aliphatic rings. The molecule has 1 amide bonds. The molecule has 0 bridgehead atoms. The van der Waals surface area contributed by atoms with Gasteiger partial charge in [-0.3, -0.25) is 14.2 Å². The fourth-order valence-corrected chi connectivity index (χ4v) is 3.81. The van der Waals surface area contributed by atoms with Crippen LogP contribution in [0, 0.1) is 0 Å². The fraction of sp³-hybridized carbons (Fsp3) is 0.0833. The molecule has 0 saturated heterocycles. The van der Waals surface area contributed by atoms with E-state index in [2.05, 4.69) is 5.32 Å². The summed E-state index contributed by atoms with van der Waals surface area (Å²) in [6, 6.07) is 24.4. The van der Waals surface area contributed by atoms with Crippen LogP contribution in [0.4, 0.5) is 0 Å². The Bertz CT molecular complexity index is 1180. The van der Waals surface area contributed by atoms with Gasteiger partial charge in [0, 0.05) is 24.2 Å². The van der Waals surface area contributed by atoms with Crippen LogP contribution in [0.3, 0.4) is 0 Å². The van der Waals surface area contributed by atoms with E-state index in [9.17, 15) is 9.59 Å². The van der Waals surface area contributed by atoms with Gasteiger partial charge in [-0.15, -0.1) is 11.3 Å². The van der Waals surface area contributed by atoms with E-state index in [0.717, 1.165) is 11.1 Å². The third-order valence-electron chi connectivity index (χ3n) is 4.52. The van der Waals surface area contributed by atoms with Crippen LogP contribution in [0.25, 0.3) is 5.00 Å². The normalized spacial score (nSPS) is 10.5. The summed E-state index contributed by atoms with van der Waals surface area (Å²) in [5.74, 6) is 0.342. The van der Waals surface area contributed by atoms with Crippen LogP contribution in [-0.4, -0.2) is 10.5 Å². The predicted octanol–water partition coefficient (Wildman–Crippen LogP) is 4.41. The largest absolute Gasteiger partial charge is 0.489 e. The summed E-state index contributed by atoms with van der Waals surface area (Å²) in [6.45, 7) is 0.854. The van der Waals surface area contributed by atoms with Crippen molar-refractivity contribution < 1.29 is 9.53 Å². The molecule has 2 aromatic heterocycles. The quantitative estimate of drug-likeness (QED) is 0.486. The summed E-state index contributed by atoms with van der Waals surface area (Å²) < 4.78 is 7.22. The number of hydrogen-bond acceptors (Lipinski definition) is 4. The smallest absolute Gasteiger partial charge is 0.259 e. The number of thiophene rings is 1. The first-order valence-corrected chi connectivity index (χ1v) is 10.4. The number of aromatic nitrogens is 1. The van der Waals surface area contributed by atoms with Crippen molar-refractivity contribution in [2.75, 3.05) is 0 Å². The summed E-state index contributed by atoms with van der Waals surface area (Å²) in [4.78, 5) is 24.9. The summed E-state index contributed by atoms with van der Waals surface area (Å²) in [5, 5.41) is 5.33. The van der Waals surface area contributed by atoms with E-state index in [1.54, 1.807) is 23.7 Å². The molecule has 0 atom stereocenters. The Morgan fingerprint density at radius 2 is 1.63 bits per heavy atom. The first kappa shape index (κ1) is 19.7. The Balaban J connectivity index is 1.41. The summed E-state index contributed by atoms with van der Waals surface area (Å²) in [7, 11) is 0. The van der Waals surface area contributed by atoms with Gasteiger partial charge in [0.15, 0.2) is 0 Å². The summed E-state index contributed by atoms with van der Waals surface area (Å²) in [5.41, 5.74) is 2.38. The summed E-state index contributed by atoms with van der Waals surface area (Å²) in [6.07, 6.45) is 1.67. The number of rotatable bonds is 7. The van der Waals surface area contributed by atoms with E-state index < -0.39 is 0 Å². The molecule has 0 aliphatic heterocycles. The molecule has 4 aromatic rings. The minimum Gasteiger partial charge on any atom is -0.489 e. The zero-order valence-corrected chi connectivity index (χ0v) is 17.0. The van der Waals surface area contributed by atoms with Crippen molar-refractivity contribution in [2.45, 2.75) is 13.2 Å². The zero-order chi connectivity index (χ0) is 20.8. The lowest BCUT2D eigenvalue weighted by Crippen LogP contribution is -2.22. The lowest BCUT2D eigenvalue weighted by atomic mass is 10.2. The van der Waals surface area contributed by atoms with Crippen molar-refractivity contribution in [3.05, 3.63) is 117 Å². The molecule has 1 N–H and O–H groups in total. The van der Waals surface area contributed by atoms with Crippen molar-refractivity contribution in [3.8, 4) is 10.8 Å². The molecule has 30 heavy (non-hydrogen) atoms. The van der Waals surface area contributed by atoms with E-state index >= 15 is 0 Å². The highest BCUT2D eigenvalue weighted by Crippen LogP contribution is 2.19.